The second-order valence-electron chi connectivity index (χ2n) is 22.5. The van der Waals surface area contributed by atoms with E-state index in [-0.39, 0.29) is 0 Å². The Labute approximate surface area is 513 Å². The summed E-state index contributed by atoms with van der Waals surface area (Å²) in [6, 6.07) is 102. The van der Waals surface area contributed by atoms with Crippen LogP contribution in [0.3, 0.4) is 0 Å². The molecule has 16 aromatic rings. The molecule has 6 aromatic heterocycles. The lowest BCUT2D eigenvalue weighted by molar-refractivity contribution is 0.482. The fourth-order valence-corrected chi connectivity index (χ4v) is 13.5. The van der Waals surface area contributed by atoms with Crippen LogP contribution in [0, 0.1) is 0 Å². The van der Waals surface area contributed by atoms with Crippen molar-refractivity contribution in [1.29, 1.82) is 0 Å². The monoisotopic (exact) mass is 1140 g/mol. The maximum Gasteiger partial charge on any atom is 0.127 e. The van der Waals surface area contributed by atoms with Gasteiger partial charge in [0.2, 0.25) is 0 Å². The van der Waals surface area contributed by atoms with E-state index in [0.717, 1.165) is 134 Å². The van der Waals surface area contributed by atoms with Crippen LogP contribution in [0.4, 0.5) is 0 Å². The quantitative estimate of drug-likeness (QED) is 0.121. The number of pyridine rings is 4. The van der Waals surface area contributed by atoms with Crippen molar-refractivity contribution < 1.29 is 9.47 Å². The molecule has 1 aliphatic carbocycles. The predicted octanol–water partition coefficient (Wildman–Crippen LogP) is 20.1. The maximum absolute atomic E-state index is 6.68. The number of fused-ring (bicyclic) bond motifs is 9. The lowest BCUT2D eigenvalue weighted by Crippen LogP contribution is -2.28. The summed E-state index contributed by atoms with van der Waals surface area (Å²) in [5, 5.41) is 4.57. The molecule has 0 radical (unpaired) electrons. The molecule has 418 valence electrons. The second kappa shape index (κ2) is 21.2. The summed E-state index contributed by atoms with van der Waals surface area (Å²) in [6.45, 7) is 0. The van der Waals surface area contributed by atoms with Gasteiger partial charge < -0.3 is 18.6 Å². The smallest absolute Gasteiger partial charge is 0.127 e. The number of aromatic nitrogens is 6. The van der Waals surface area contributed by atoms with Gasteiger partial charge in [0.15, 0.2) is 0 Å². The summed E-state index contributed by atoms with van der Waals surface area (Å²) in [6.07, 6.45) is 7.37. The SMILES string of the molecule is c1ccc(-c2ccc3c(c2)c2cc(-c4ccccn4)ccc2n3-c2ccc(Oc3ccc(C4(c5ccc(Oc6ccc(-n7c8ccc(-c9ccccn9)cc8c8cc(-c9ccccn9)ccc87)cc6)cc5)c5ccccc5-c5ccccc54)cc3)cc2)nc1. The lowest BCUT2D eigenvalue weighted by atomic mass is 9.68. The highest BCUT2D eigenvalue weighted by Gasteiger charge is 2.46. The van der Waals surface area contributed by atoms with E-state index in [2.05, 4.69) is 272 Å². The number of benzene rings is 10. The molecule has 0 aliphatic heterocycles. The Morgan fingerprint density at radius 3 is 0.831 bits per heavy atom. The zero-order valence-corrected chi connectivity index (χ0v) is 48.0. The minimum absolute atomic E-state index is 0.619. The highest BCUT2D eigenvalue weighted by molar-refractivity contribution is 6.13. The summed E-state index contributed by atoms with van der Waals surface area (Å²) < 4.78 is 18.0. The molecule has 0 fully saturated rings. The minimum atomic E-state index is -0.619. The van der Waals surface area contributed by atoms with Gasteiger partial charge in [0.25, 0.3) is 0 Å². The van der Waals surface area contributed by atoms with E-state index >= 15 is 0 Å². The van der Waals surface area contributed by atoms with Gasteiger partial charge in [-0.15, -0.1) is 0 Å². The first-order valence-corrected chi connectivity index (χ1v) is 29.9. The minimum Gasteiger partial charge on any atom is -0.457 e. The van der Waals surface area contributed by atoms with Gasteiger partial charge in [-0.05, 0) is 203 Å². The molecule has 6 heterocycles. The van der Waals surface area contributed by atoms with Gasteiger partial charge in [0.05, 0.1) is 50.3 Å². The molecule has 0 saturated heterocycles. The molecule has 8 heteroatoms. The molecule has 0 spiro atoms. The zero-order chi connectivity index (χ0) is 58.8. The molecule has 0 N–H and O–H groups in total. The molecule has 0 unspecified atom stereocenters. The predicted molar refractivity (Wildman–Crippen MR) is 358 cm³/mol. The molecule has 8 nitrogen and oxygen atoms in total. The van der Waals surface area contributed by atoms with Crippen LogP contribution in [0.2, 0.25) is 0 Å². The third kappa shape index (κ3) is 8.76. The summed E-state index contributed by atoms with van der Waals surface area (Å²) in [7, 11) is 0. The highest BCUT2D eigenvalue weighted by atomic mass is 16.5. The van der Waals surface area contributed by atoms with Crippen molar-refractivity contribution in [3.05, 3.63) is 338 Å². The van der Waals surface area contributed by atoms with Crippen molar-refractivity contribution in [3.8, 4) is 90.5 Å². The summed E-state index contributed by atoms with van der Waals surface area (Å²) >= 11 is 0. The van der Waals surface area contributed by atoms with Crippen molar-refractivity contribution in [1.82, 2.24) is 29.1 Å². The molecule has 10 aromatic carbocycles. The number of hydrogen-bond acceptors (Lipinski definition) is 6. The standard InChI is InChI=1S/C81H52N6O2/c1-3-15-71-65(13-1)66-14-2-4-16-72(66)81(71,57-25-33-61(34-26-57)88-63-37-29-59(30-38-63)86-77-41-21-53(73-17-5-9-45-82-73)49-67(77)68-50-54(22-42-78(68)86)74-18-6-10-46-83-74)58-27-35-62(36-28-58)89-64-39-31-60(32-40-64)87-79-43-23-55(75-19-7-11-47-84-75)51-69(79)70-52-56(24-44-80(70)87)76-20-8-12-48-85-76/h1-52H. The van der Waals surface area contributed by atoms with Crippen molar-refractivity contribution in [2.75, 3.05) is 0 Å². The van der Waals surface area contributed by atoms with Gasteiger partial charge >= 0.3 is 0 Å². The van der Waals surface area contributed by atoms with E-state index in [0.29, 0.717) is 0 Å². The molecule has 17 rings (SSSR count). The van der Waals surface area contributed by atoms with Crippen molar-refractivity contribution in [2.24, 2.45) is 0 Å². The average molecular weight is 1140 g/mol. The Morgan fingerprint density at radius 1 is 0.258 bits per heavy atom. The fraction of sp³-hybridized carbons (Fsp3) is 0.0123. The first kappa shape index (κ1) is 51.4. The van der Waals surface area contributed by atoms with Crippen LogP contribution in [0.5, 0.6) is 23.0 Å². The fourth-order valence-electron chi connectivity index (χ4n) is 13.5. The lowest BCUT2D eigenvalue weighted by Gasteiger charge is -2.34. The third-order valence-corrected chi connectivity index (χ3v) is 17.6. The largest absolute Gasteiger partial charge is 0.457 e. The second-order valence-corrected chi connectivity index (χ2v) is 22.5. The van der Waals surface area contributed by atoms with Crippen molar-refractivity contribution in [3.63, 3.8) is 0 Å². The molecule has 1 aliphatic rings. The van der Waals surface area contributed by atoms with Gasteiger partial charge in [0.1, 0.15) is 23.0 Å². The summed E-state index contributed by atoms with van der Waals surface area (Å²) in [5.74, 6) is 2.97. The van der Waals surface area contributed by atoms with Crippen LogP contribution in [-0.4, -0.2) is 29.1 Å². The van der Waals surface area contributed by atoms with E-state index in [1.807, 2.05) is 73.3 Å². The van der Waals surface area contributed by atoms with E-state index in [1.165, 1.54) is 22.3 Å². The van der Waals surface area contributed by atoms with Crippen LogP contribution >= 0.6 is 0 Å². The van der Waals surface area contributed by atoms with E-state index in [9.17, 15) is 0 Å². The van der Waals surface area contributed by atoms with E-state index in [4.69, 9.17) is 9.47 Å². The van der Waals surface area contributed by atoms with E-state index < -0.39 is 5.41 Å². The number of hydrogen-bond donors (Lipinski definition) is 0. The molecule has 0 atom stereocenters. The summed E-state index contributed by atoms with van der Waals surface area (Å²) in [4.78, 5) is 18.7. The molecule has 0 amide bonds. The van der Waals surface area contributed by atoms with Gasteiger partial charge in [-0.2, -0.15) is 0 Å². The Hall–Kier alpha value is -12.0. The Morgan fingerprint density at radius 2 is 0.539 bits per heavy atom. The van der Waals surface area contributed by atoms with Gasteiger partial charge in [-0.1, -0.05) is 121 Å². The first-order chi connectivity index (χ1) is 44.1. The van der Waals surface area contributed by atoms with Crippen LogP contribution in [-0.2, 0) is 5.41 Å². The zero-order valence-electron chi connectivity index (χ0n) is 48.0. The average Bonchev–Trinajstić information content (AvgIpc) is 1.60. The van der Waals surface area contributed by atoms with Gasteiger partial charge in [-0.25, -0.2) is 0 Å². The molecular formula is C81H52N6O2. The topological polar surface area (TPSA) is 79.9 Å². The number of nitrogens with zero attached hydrogens (tertiary/aromatic N) is 6. The Kier molecular flexibility index (Phi) is 12.2. The van der Waals surface area contributed by atoms with Crippen LogP contribution in [0.1, 0.15) is 22.3 Å². The molecule has 0 saturated carbocycles. The molecular weight excluding hydrogens is 1090 g/mol. The third-order valence-electron chi connectivity index (χ3n) is 17.6. The Balaban J connectivity index is 0.670. The number of rotatable bonds is 12. The molecule has 0 bridgehead atoms. The van der Waals surface area contributed by atoms with E-state index in [1.54, 1.807) is 0 Å². The van der Waals surface area contributed by atoms with Crippen molar-refractivity contribution in [2.45, 2.75) is 5.41 Å². The number of ether oxygens (including phenoxy) is 2. The van der Waals surface area contributed by atoms with Crippen LogP contribution in [0.15, 0.2) is 316 Å². The highest BCUT2D eigenvalue weighted by Crippen LogP contribution is 2.56. The molecule has 89 heavy (non-hydrogen) atoms. The van der Waals surface area contributed by atoms with Crippen LogP contribution < -0.4 is 9.47 Å². The maximum atomic E-state index is 6.68. The summed E-state index contributed by atoms with van der Waals surface area (Å²) in [5.41, 5.74) is 21.0. The van der Waals surface area contributed by atoms with Gasteiger partial charge in [0, 0.05) is 80.0 Å². The Bertz CT molecular complexity index is 4790. The first-order valence-electron chi connectivity index (χ1n) is 29.9. The van der Waals surface area contributed by atoms with Crippen molar-refractivity contribution >= 4 is 43.6 Å². The van der Waals surface area contributed by atoms with Gasteiger partial charge in [-0.3, -0.25) is 19.9 Å². The van der Waals surface area contributed by atoms with Crippen LogP contribution in [0.25, 0.3) is 111 Å². The normalized spacial score (nSPS) is 12.4.